The molecular weight excluding hydrogens is 257 g/mol. The van der Waals surface area contributed by atoms with E-state index in [1.54, 1.807) is 13.0 Å². The second-order valence-corrected chi connectivity index (χ2v) is 5.21. The predicted octanol–water partition coefficient (Wildman–Crippen LogP) is 1.72. The van der Waals surface area contributed by atoms with Gasteiger partial charge in [0.1, 0.15) is 10.7 Å². The number of nitrogens with one attached hydrogen (secondary N) is 1. The van der Waals surface area contributed by atoms with Gasteiger partial charge in [-0.05, 0) is 25.1 Å². The lowest BCUT2D eigenvalue weighted by Crippen LogP contribution is -2.16. The van der Waals surface area contributed by atoms with E-state index in [0.29, 0.717) is 5.69 Å². The highest BCUT2D eigenvalue weighted by Gasteiger charge is 2.19. The molecule has 0 saturated heterocycles. The number of aryl methyl sites for hydroxylation is 1. The van der Waals surface area contributed by atoms with Crippen molar-refractivity contribution < 1.29 is 12.8 Å². The van der Waals surface area contributed by atoms with Crippen LogP contribution in [-0.4, -0.2) is 18.4 Å². The number of halogens is 1. The molecule has 0 unspecified atom stereocenters. The molecule has 1 aromatic heterocycles. The maximum absolute atomic E-state index is 13.4. The number of rotatable bonds is 3. The van der Waals surface area contributed by atoms with Gasteiger partial charge in [0.2, 0.25) is 5.95 Å². The first-order valence-electron chi connectivity index (χ1n) is 5.06. The molecule has 1 N–H and O–H groups in total. The molecule has 1 heterocycles. The quantitative estimate of drug-likeness (QED) is 0.919. The maximum Gasteiger partial charge on any atom is 0.267 e. The molecule has 0 atom stereocenters. The molecule has 0 radical (unpaired) electrons. The first-order valence-corrected chi connectivity index (χ1v) is 6.54. The fourth-order valence-corrected chi connectivity index (χ4v) is 2.37. The second kappa shape index (κ2) is 4.69. The van der Waals surface area contributed by atoms with Crippen LogP contribution in [0.5, 0.6) is 0 Å². The SMILES string of the molecule is Cc1ccnc(NS(=O)(=O)c2ccccc2F)n1. The highest BCUT2D eigenvalue weighted by Crippen LogP contribution is 2.16. The summed E-state index contributed by atoms with van der Waals surface area (Å²) in [4.78, 5) is 7.21. The number of hydrogen-bond acceptors (Lipinski definition) is 4. The normalized spacial score (nSPS) is 11.2. The lowest BCUT2D eigenvalue weighted by atomic mass is 10.4. The van der Waals surface area contributed by atoms with Crippen LogP contribution in [0, 0.1) is 12.7 Å². The summed E-state index contributed by atoms with van der Waals surface area (Å²) in [6.07, 6.45) is 1.42. The first kappa shape index (κ1) is 12.4. The van der Waals surface area contributed by atoms with Crippen molar-refractivity contribution in [2.75, 3.05) is 4.72 Å². The van der Waals surface area contributed by atoms with Crippen LogP contribution in [0.15, 0.2) is 41.4 Å². The van der Waals surface area contributed by atoms with Gasteiger partial charge in [-0.25, -0.2) is 27.5 Å². The van der Waals surface area contributed by atoms with Crippen molar-refractivity contribution in [1.82, 2.24) is 9.97 Å². The van der Waals surface area contributed by atoms with E-state index in [9.17, 15) is 12.8 Å². The summed E-state index contributed by atoms with van der Waals surface area (Å²) in [5.74, 6) is -0.907. The lowest BCUT2D eigenvalue weighted by molar-refractivity contribution is 0.570. The van der Waals surface area contributed by atoms with Gasteiger partial charge in [0.05, 0.1) is 0 Å². The summed E-state index contributed by atoms with van der Waals surface area (Å²) in [6.45, 7) is 1.70. The van der Waals surface area contributed by atoms with Crippen molar-refractivity contribution in [3.05, 3.63) is 48.0 Å². The minimum absolute atomic E-state index is 0.0850. The molecule has 2 aromatic rings. The molecule has 2 rings (SSSR count). The molecule has 0 saturated carbocycles. The van der Waals surface area contributed by atoms with Crippen LogP contribution in [-0.2, 0) is 10.0 Å². The second-order valence-electron chi connectivity index (χ2n) is 3.56. The van der Waals surface area contributed by atoms with Gasteiger partial charge >= 0.3 is 0 Å². The van der Waals surface area contributed by atoms with Crippen LogP contribution in [0.2, 0.25) is 0 Å². The smallest absolute Gasteiger partial charge is 0.247 e. The van der Waals surface area contributed by atoms with E-state index in [1.165, 1.54) is 24.4 Å². The Kier molecular flexibility index (Phi) is 3.24. The molecule has 0 aliphatic heterocycles. The van der Waals surface area contributed by atoms with E-state index in [-0.39, 0.29) is 5.95 Å². The molecular formula is C11H10FN3O2S. The van der Waals surface area contributed by atoms with Gasteiger partial charge in [-0.3, -0.25) is 0 Å². The fourth-order valence-electron chi connectivity index (χ4n) is 1.34. The van der Waals surface area contributed by atoms with E-state index in [1.807, 2.05) is 0 Å². The molecule has 18 heavy (non-hydrogen) atoms. The topological polar surface area (TPSA) is 72.0 Å². The summed E-state index contributed by atoms with van der Waals surface area (Å²) < 4.78 is 39.3. The summed E-state index contributed by atoms with van der Waals surface area (Å²) in [7, 11) is -4.01. The Hall–Kier alpha value is -2.02. The summed E-state index contributed by atoms with van der Waals surface area (Å²) >= 11 is 0. The van der Waals surface area contributed by atoms with E-state index in [4.69, 9.17) is 0 Å². The van der Waals surface area contributed by atoms with Crippen molar-refractivity contribution in [1.29, 1.82) is 0 Å². The van der Waals surface area contributed by atoms with Gasteiger partial charge < -0.3 is 0 Å². The zero-order valence-corrected chi connectivity index (χ0v) is 10.3. The third kappa shape index (κ3) is 2.62. The molecule has 7 heteroatoms. The summed E-state index contributed by atoms with van der Waals surface area (Å²) in [5, 5.41) is 0. The zero-order valence-electron chi connectivity index (χ0n) is 9.46. The fraction of sp³-hybridized carbons (Fsp3) is 0.0909. The Morgan fingerprint density at radius 1 is 1.22 bits per heavy atom. The van der Waals surface area contributed by atoms with Gasteiger partial charge in [0.15, 0.2) is 0 Å². The number of hydrogen-bond donors (Lipinski definition) is 1. The monoisotopic (exact) mass is 267 g/mol. The van der Waals surface area contributed by atoms with Crippen molar-refractivity contribution in [2.45, 2.75) is 11.8 Å². The van der Waals surface area contributed by atoms with Gasteiger partial charge in [-0.2, -0.15) is 0 Å². The molecule has 0 amide bonds. The van der Waals surface area contributed by atoms with E-state index >= 15 is 0 Å². The Balaban J connectivity index is 2.37. The Bertz CT molecular complexity index is 673. The van der Waals surface area contributed by atoms with Gasteiger partial charge in [-0.1, -0.05) is 12.1 Å². The van der Waals surface area contributed by atoms with Gasteiger partial charge in [0.25, 0.3) is 10.0 Å². The summed E-state index contributed by atoms with van der Waals surface area (Å²) in [5.41, 5.74) is 0.608. The Morgan fingerprint density at radius 3 is 2.61 bits per heavy atom. The number of anilines is 1. The minimum atomic E-state index is -4.01. The number of sulfonamides is 1. The molecule has 0 aliphatic carbocycles. The van der Waals surface area contributed by atoms with Gasteiger partial charge in [-0.15, -0.1) is 0 Å². The van der Waals surface area contributed by atoms with Crippen LogP contribution in [0.25, 0.3) is 0 Å². The number of benzene rings is 1. The molecule has 94 valence electrons. The van der Waals surface area contributed by atoms with E-state index in [0.717, 1.165) is 6.07 Å². The van der Waals surface area contributed by atoms with Gasteiger partial charge in [0, 0.05) is 11.9 Å². The maximum atomic E-state index is 13.4. The highest BCUT2D eigenvalue weighted by atomic mass is 32.2. The largest absolute Gasteiger partial charge is 0.267 e. The van der Waals surface area contributed by atoms with Crippen molar-refractivity contribution in [3.63, 3.8) is 0 Å². The molecule has 0 bridgehead atoms. The highest BCUT2D eigenvalue weighted by molar-refractivity contribution is 7.92. The number of nitrogens with zero attached hydrogens (tertiary/aromatic N) is 2. The summed E-state index contributed by atoms with van der Waals surface area (Å²) in [6, 6.07) is 6.73. The van der Waals surface area contributed by atoms with Crippen LogP contribution < -0.4 is 4.72 Å². The Labute approximate surface area is 104 Å². The van der Waals surface area contributed by atoms with Crippen LogP contribution in [0.4, 0.5) is 10.3 Å². The average molecular weight is 267 g/mol. The first-order chi connectivity index (χ1) is 8.49. The minimum Gasteiger partial charge on any atom is -0.247 e. The molecule has 0 aliphatic rings. The number of aromatic nitrogens is 2. The lowest BCUT2D eigenvalue weighted by Gasteiger charge is -2.07. The van der Waals surface area contributed by atoms with E-state index < -0.39 is 20.7 Å². The van der Waals surface area contributed by atoms with Crippen molar-refractivity contribution in [2.24, 2.45) is 0 Å². The Morgan fingerprint density at radius 2 is 1.94 bits per heavy atom. The van der Waals surface area contributed by atoms with Crippen LogP contribution >= 0.6 is 0 Å². The molecule has 5 nitrogen and oxygen atoms in total. The molecule has 0 spiro atoms. The predicted molar refractivity (Wildman–Crippen MR) is 64.0 cm³/mol. The third-order valence-electron chi connectivity index (χ3n) is 2.15. The zero-order chi connectivity index (χ0) is 13.2. The van der Waals surface area contributed by atoms with E-state index in [2.05, 4.69) is 14.7 Å². The molecule has 1 aromatic carbocycles. The van der Waals surface area contributed by atoms with Crippen LogP contribution in [0.1, 0.15) is 5.69 Å². The molecule has 0 fully saturated rings. The van der Waals surface area contributed by atoms with Crippen molar-refractivity contribution >= 4 is 16.0 Å². The standard InChI is InChI=1S/C11H10FN3O2S/c1-8-6-7-13-11(14-8)15-18(16,17)10-5-3-2-4-9(10)12/h2-7H,1H3,(H,13,14,15). The third-order valence-corrected chi connectivity index (χ3v) is 3.51. The van der Waals surface area contributed by atoms with Crippen LogP contribution in [0.3, 0.4) is 0 Å². The van der Waals surface area contributed by atoms with Crippen molar-refractivity contribution in [3.8, 4) is 0 Å². The average Bonchev–Trinajstić information content (AvgIpc) is 2.28.